The summed E-state index contributed by atoms with van der Waals surface area (Å²) in [5, 5.41) is 3.90. The molecule has 0 unspecified atom stereocenters. The van der Waals surface area contributed by atoms with Gasteiger partial charge in [-0.2, -0.15) is 0 Å². The zero-order valence-corrected chi connectivity index (χ0v) is 21.0. The summed E-state index contributed by atoms with van der Waals surface area (Å²) in [6, 6.07) is 20.1. The van der Waals surface area contributed by atoms with Gasteiger partial charge in [-0.1, -0.05) is 47.5 Å². The summed E-state index contributed by atoms with van der Waals surface area (Å²) in [5.74, 6) is -0.0435. The summed E-state index contributed by atoms with van der Waals surface area (Å²) < 4.78 is 33.7. The number of hydrogen-bond donors (Lipinski definition) is 1. The lowest BCUT2D eigenvalue weighted by Gasteiger charge is -2.26. The van der Waals surface area contributed by atoms with Crippen molar-refractivity contribution in [3.63, 3.8) is 0 Å². The Morgan fingerprint density at radius 1 is 0.941 bits per heavy atom. The molecular weight excluding hydrogens is 495 g/mol. The first-order chi connectivity index (χ1) is 16.3. The number of carbonyl (C=O) groups is 1. The second kappa shape index (κ2) is 12.1. The second-order valence-corrected chi connectivity index (χ2v) is 10.2. The third-order valence-corrected chi connectivity index (χ3v) is 7.28. The largest absolute Gasteiger partial charge is 0.492 e. The first kappa shape index (κ1) is 25.9. The maximum atomic E-state index is 13.5. The van der Waals surface area contributed by atoms with Crippen LogP contribution in [-0.2, 0) is 21.2 Å². The third-order valence-electron chi connectivity index (χ3n) is 5.00. The highest BCUT2D eigenvalue weighted by Crippen LogP contribution is 2.32. The van der Waals surface area contributed by atoms with Crippen molar-refractivity contribution < 1.29 is 17.9 Å². The van der Waals surface area contributed by atoms with Crippen LogP contribution in [-0.4, -0.2) is 34.0 Å². The van der Waals surface area contributed by atoms with Crippen molar-refractivity contribution in [3.8, 4) is 5.75 Å². The van der Waals surface area contributed by atoms with E-state index in [1.807, 2.05) is 31.2 Å². The Hall–Kier alpha value is -2.74. The minimum atomic E-state index is -4.06. The maximum Gasteiger partial charge on any atom is 0.264 e. The number of halogens is 2. The highest BCUT2D eigenvalue weighted by molar-refractivity contribution is 7.92. The highest BCUT2D eigenvalue weighted by Gasteiger charge is 2.29. The van der Waals surface area contributed by atoms with E-state index in [1.54, 1.807) is 24.3 Å². The number of hydrogen-bond acceptors (Lipinski definition) is 4. The number of nitrogens with zero attached hydrogens (tertiary/aromatic N) is 1. The maximum absolute atomic E-state index is 13.5. The molecule has 0 bridgehead atoms. The molecule has 0 aliphatic rings. The quantitative estimate of drug-likeness (QED) is 0.346. The summed E-state index contributed by atoms with van der Waals surface area (Å²) in [6.07, 6.45) is 1.46. The Bertz CT molecular complexity index is 1200. The van der Waals surface area contributed by atoms with E-state index >= 15 is 0 Å². The average Bonchev–Trinajstić information content (AvgIpc) is 2.82. The van der Waals surface area contributed by atoms with Gasteiger partial charge in [-0.05, 0) is 73.9 Å². The molecule has 3 aromatic carbocycles. The lowest BCUT2D eigenvalue weighted by Crippen LogP contribution is -2.41. The Morgan fingerprint density at radius 2 is 1.56 bits per heavy atom. The third kappa shape index (κ3) is 6.88. The standard InChI is InChI=1S/C25H26Cl2N2O4S/c1-2-33-24-8-4-3-7-23(24)29(34(31,32)22-15-13-21(27)14-16-22)18-25(30)28-17-5-6-19-9-11-20(26)12-10-19/h3-4,7-16H,2,5-6,17-18H2,1H3,(H,28,30). The number of ether oxygens (including phenoxy) is 1. The molecule has 0 aliphatic heterocycles. The average molecular weight is 521 g/mol. The van der Waals surface area contributed by atoms with Gasteiger partial charge in [-0.3, -0.25) is 9.10 Å². The van der Waals surface area contributed by atoms with Gasteiger partial charge in [0, 0.05) is 16.6 Å². The minimum absolute atomic E-state index is 0.0266. The molecule has 0 spiro atoms. The van der Waals surface area contributed by atoms with E-state index in [0.717, 1.165) is 16.3 Å². The zero-order valence-electron chi connectivity index (χ0n) is 18.7. The van der Waals surface area contributed by atoms with E-state index in [9.17, 15) is 13.2 Å². The van der Waals surface area contributed by atoms with Crippen LogP contribution in [0.25, 0.3) is 0 Å². The molecule has 0 fully saturated rings. The number of aryl methyl sites for hydroxylation is 1. The smallest absolute Gasteiger partial charge is 0.264 e. The van der Waals surface area contributed by atoms with Crippen molar-refractivity contribution in [3.05, 3.63) is 88.4 Å². The molecule has 34 heavy (non-hydrogen) atoms. The van der Waals surface area contributed by atoms with E-state index in [0.29, 0.717) is 35.4 Å². The molecule has 0 heterocycles. The van der Waals surface area contributed by atoms with E-state index in [1.165, 1.54) is 24.3 Å². The molecule has 0 aromatic heterocycles. The van der Waals surface area contributed by atoms with Crippen LogP contribution in [0.2, 0.25) is 10.0 Å². The van der Waals surface area contributed by atoms with E-state index in [4.69, 9.17) is 27.9 Å². The van der Waals surface area contributed by atoms with Crippen molar-refractivity contribution in [1.82, 2.24) is 5.32 Å². The van der Waals surface area contributed by atoms with Crippen molar-refractivity contribution in [2.75, 3.05) is 24.0 Å². The molecule has 0 radical (unpaired) electrons. The normalized spacial score (nSPS) is 11.1. The molecule has 3 rings (SSSR count). The van der Waals surface area contributed by atoms with Crippen LogP contribution in [0.5, 0.6) is 5.75 Å². The van der Waals surface area contributed by atoms with Crippen LogP contribution in [0.1, 0.15) is 18.9 Å². The highest BCUT2D eigenvalue weighted by atomic mass is 35.5. The molecule has 0 saturated carbocycles. The Kier molecular flexibility index (Phi) is 9.21. The Balaban J connectivity index is 1.76. The molecule has 1 amide bonds. The molecule has 3 aromatic rings. The van der Waals surface area contributed by atoms with Gasteiger partial charge in [0.25, 0.3) is 10.0 Å². The number of carbonyl (C=O) groups excluding carboxylic acids is 1. The van der Waals surface area contributed by atoms with E-state index in [2.05, 4.69) is 5.32 Å². The lowest BCUT2D eigenvalue weighted by molar-refractivity contribution is -0.119. The van der Waals surface area contributed by atoms with E-state index < -0.39 is 22.5 Å². The fraction of sp³-hybridized carbons (Fsp3) is 0.240. The Labute approximate surface area is 210 Å². The van der Waals surface area contributed by atoms with Gasteiger partial charge in [0.1, 0.15) is 12.3 Å². The summed E-state index contributed by atoms with van der Waals surface area (Å²) in [7, 11) is -4.06. The molecule has 0 aliphatic carbocycles. The fourth-order valence-electron chi connectivity index (χ4n) is 3.33. The molecule has 6 nitrogen and oxygen atoms in total. The first-order valence-electron chi connectivity index (χ1n) is 10.8. The van der Waals surface area contributed by atoms with Crippen LogP contribution < -0.4 is 14.4 Å². The topological polar surface area (TPSA) is 75.7 Å². The number of para-hydroxylation sites is 2. The van der Waals surface area contributed by atoms with Crippen LogP contribution in [0.3, 0.4) is 0 Å². The van der Waals surface area contributed by atoms with Crippen molar-refractivity contribution in [2.45, 2.75) is 24.7 Å². The number of nitrogens with one attached hydrogen (secondary N) is 1. The second-order valence-electron chi connectivity index (χ2n) is 7.45. The summed E-state index contributed by atoms with van der Waals surface area (Å²) in [5.41, 5.74) is 1.40. The predicted molar refractivity (Wildman–Crippen MR) is 136 cm³/mol. The van der Waals surface area contributed by atoms with Crippen molar-refractivity contribution >= 4 is 44.8 Å². The van der Waals surface area contributed by atoms with Crippen LogP contribution in [0.15, 0.2) is 77.7 Å². The van der Waals surface area contributed by atoms with E-state index in [-0.39, 0.29) is 10.6 Å². The molecular formula is C25H26Cl2N2O4S. The zero-order chi connectivity index (χ0) is 24.6. The number of sulfonamides is 1. The first-order valence-corrected chi connectivity index (χ1v) is 13.0. The SMILES string of the molecule is CCOc1ccccc1N(CC(=O)NCCCc1ccc(Cl)cc1)S(=O)(=O)c1ccc(Cl)cc1. The van der Waals surface area contributed by atoms with Gasteiger partial charge in [0.05, 0.1) is 17.2 Å². The van der Waals surface area contributed by atoms with Crippen LogP contribution in [0.4, 0.5) is 5.69 Å². The van der Waals surface area contributed by atoms with Gasteiger partial charge >= 0.3 is 0 Å². The number of amides is 1. The monoisotopic (exact) mass is 520 g/mol. The van der Waals surface area contributed by atoms with Crippen LogP contribution >= 0.6 is 23.2 Å². The van der Waals surface area contributed by atoms with Gasteiger partial charge in [0.2, 0.25) is 5.91 Å². The van der Waals surface area contributed by atoms with Gasteiger partial charge in [-0.15, -0.1) is 0 Å². The lowest BCUT2D eigenvalue weighted by atomic mass is 10.1. The van der Waals surface area contributed by atoms with Gasteiger partial charge < -0.3 is 10.1 Å². The fourth-order valence-corrected chi connectivity index (χ4v) is 5.02. The molecule has 1 N–H and O–H groups in total. The Morgan fingerprint density at radius 3 is 2.21 bits per heavy atom. The molecule has 0 atom stereocenters. The van der Waals surface area contributed by atoms with Crippen molar-refractivity contribution in [2.24, 2.45) is 0 Å². The van der Waals surface area contributed by atoms with Crippen molar-refractivity contribution in [1.29, 1.82) is 0 Å². The number of benzene rings is 3. The van der Waals surface area contributed by atoms with Crippen LogP contribution in [0, 0.1) is 0 Å². The molecule has 0 saturated heterocycles. The molecule has 9 heteroatoms. The predicted octanol–water partition coefficient (Wildman–Crippen LogP) is 5.34. The summed E-state index contributed by atoms with van der Waals surface area (Å²) >= 11 is 11.8. The molecule has 180 valence electrons. The minimum Gasteiger partial charge on any atom is -0.492 e. The number of rotatable bonds is 11. The number of anilines is 1. The van der Waals surface area contributed by atoms with Gasteiger partial charge in [-0.25, -0.2) is 8.42 Å². The summed E-state index contributed by atoms with van der Waals surface area (Å²) in [6.45, 7) is 2.17. The summed E-state index contributed by atoms with van der Waals surface area (Å²) in [4.78, 5) is 12.8. The van der Waals surface area contributed by atoms with Gasteiger partial charge in [0.15, 0.2) is 0 Å².